The van der Waals surface area contributed by atoms with Crippen LogP contribution in [0.3, 0.4) is 0 Å². The molecular weight excluding hydrogens is 291 g/mol. The normalized spacial score (nSPS) is 10.6. The van der Waals surface area contributed by atoms with E-state index < -0.39 is 0 Å². The van der Waals surface area contributed by atoms with Gasteiger partial charge in [0, 0.05) is 15.8 Å². The molecule has 0 saturated heterocycles. The van der Waals surface area contributed by atoms with Crippen molar-refractivity contribution in [3.8, 4) is 0 Å². The summed E-state index contributed by atoms with van der Waals surface area (Å²) in [5.74, 6) is 0.128. The largest absolute Gasteiger partial charge is 0.298 e. The summed E-state index contributed by atoms with van der Waals surface area (Å²) in [6.07, 6.45) is 4.35. The predicted molar refractivity (Wildman–Crippen MR) is 75.3 cm³/mol. The molecule has 1 aromatic heterocycles. The number of aromatic nitrogens is 2. The molecule has 0 spiro atoms. The van der Waals surface area contributed by atoms with E-state index in [4.69, 9.17) is 0 Å². The average molecular weight is 305 g/mol. The van der Waals surface area contributed by atoms with E-state index in [9.17, 15) is 4.79 Å². The van der Waals surface area contributed by atoms with Gasteiger partial charge in [0.15, 0.2) is 0 Å². The zero-order valence-corrected chi connectivity index (χ0v) is 12.0. The Balaban J connectivity index is 2.03. The smallest absolute Gasteiger partial charge is 0.125 e. The molecule has 0 aliphatic carbocycles. The van der Waals surface area contributed by atoms with Crippen molar-refractivity contribution in [3.63, 3.8) is 0 Å². The van der Waals surface area contributed by atoms with Crippen LogP contribution in [0.15, 0.2) is 41.1 Å². The van der Waals surface area contributed by atoms with E-state index >= 15 is 0 Å². The van der Waals surface area contributed by atoms with Gasteiger partial charge in [-0.25, -0.2) is 0 Å². The highest BCUT2D eigenvalue weighted by Gasteiger charge is 2.03. The topological polar surface area (TPSA) is 25.9 Å². The summed E-state index contributed by atoms with van der Waals surface area (Å²) < 4.78 is 4.97. The molecule has 3 nitrogen and oxygen atoms in total. The van der Waals surface area contributed by atoms with Crippen LogP contribution in [-0.2, 0) is 14.1 Å². The zero-order chi connectivity index (χ0) is 13.1. The number of ketones is 1. The minimum Gasteiger partial charge on any atom is -0.298 e. The first-order valence-electron chi connectivity index (χ1n) is 5.71. The Kier molecular flexibility index (Phi) is 4.02. The molecule has 0 aliphatic heterocycles. The first-order valence-corrected chi connectivity index (χ1v) is 6.50. The lowest BCUT2D eigenvalue weighted by Crippen LogP contribution is -2.49. The molecule has 0 atom stereocenters. The molecule has 92 valence electrons. The molecule has 2 aromatic rings. The Labute approximate surface area is 116 Å². The van der Waals surface area contributed by atoms with Crippen molar-refractivity contribution < 1.29 is 9.36 Å². The van der Waals surface area contributed by atoms with E-state index in [0.717, 1.165) is 15.8 Å². The Morgan fingerprint density at radius 1 is 1.39 bits per heavy atom. The van der Waals surface area contributed by atoms with Crippen LogP contribution >= 0.6 is 15.9 Å². The van der Waals surface area contributed by atoms with Gasteiger partial charge in [-0.3, -0.25) is 13.9 Å². The SMILES string of the molecule is Cn1cc[n+](C)c1[B-]CC(=O)c1ccc(Br)cc1. The highest BCUT2D eigenvalue weighted by Crippen LogP contribution is 2.11. The summed E-state index contributed by atoms with van der Waals surface area (Å²) >= 11 is 3.36. The Morgan fingerprint density at radius 2 is 2.06 bits per heavy atom. The third kappa shape index (κ3) is 2.90. The number of imidazole rings is 1. The number of carbonyl (C=O) groups excluding carboxylic acids is 1. The van der Waals surface area contributed by atoms with Gasteiger partial charge < -0.3 is 0 Å². The van der Waals surface area contributed by atoms with Gasteiger partial charge in [0.1, 0.15) is 18.2 Å². The van der Waals surface area contributed by atoms with Gasteiger partial charge in [-0.05, 0) is 12.1 Å². The van der Waals surface area contributed by atoms with Crippen LogP contribution in [0, 0.1) is 0 Å². The number of hydrogen-bond donors (Lipinski definition) is 0. The van der Waals surface area contributed by atoms with Crippen molar-refractivity contribution in [2.24, 2.45) is 14.1 Å². The number of carbonyl (C=O) groups is 1. The molecule has 5 heteroatoms. The van der Waals surface area contributed by atoms with Crippen molar-refractivity contribution >= 4 is 34.7 Å². The van der Waals surface area contributed by atoms with Crippen molar-refractivity contribution in [2.45, 2.75) is 6.32 Å². The van der Waals surface area contributed by atoms with Gasteiger partial charge in [0.05, 0.1) is 14.1 Å². The van der Waals surface area contributed by atoms with Crippen molar-refractivity contribution in [1.82, 2.24) is 4.57 Å². The number of aryl methyl sites for hydroxylation is 2. The average Bonchev–Trinajstić information content (AvgIpc) is 2.67. The van der Waals surface area contributed by atoms with Crippen LogP contribution in [0.1, 0.15) is 10.4 Å². The highest BCUT2D eigenvalue weighted by atomic mass is 79.9. The van der Waals surface area contributed by atoms with E-state index in [2.05, 4.69) is 15.9 Å². The van der Waals surface area contributed by atoms with Crippen molar-refractivity contribution in [1.29, 1.82) is 0 Å². The van der Waals surface area contributed by atoms with Crippen LogP contribution in [0.5, 0.6) is 0 Å². The van der Waals surface area contributed by atoms with Crippen molar-refractivity contribution in [2.75, 3.05) is 0 Å². The summed E-state index contributed by atoms with van der Waals surface area (Å²) in [4.78, 5) is 12.0. The number of rotatable bonds is 4. The number of halogens is 1. The monoisotopic (exact) mass is 304 g/mol. The van der Waals surface area contributed by atoms with E-state index in [1.54, 1.807) is 0 Å². The Morgan fingerprint density at radius 3 is 2.61 bits per heavy atom. The summed E-state index contributed by atoms with van der Waals surface area (Å²) in [5.41, 5.74) is 1.77. The zero-order valence-electron chi connectivity index (χ0n) is 10.4. The fraction of sp³-hybridized carbons (Fsp3) is 0.231. The minimum absolute atomic E-state index is 0.128. The highest BCUT2D eigenvalue weighted by molar-refractivity contribution is 9.10. The predicted octanol–water partition coefficient (Wildman–Crippen LogP) is 1.24. The number of Topliss-reactive ketones (excluding diaryl/α,β-unsaturated/α-hetero) is 1. The molecule has 2 rings (SSSR count). The van der Waals surface area contributed by atoms with E-state index in [1.807, 2.05) is 67.2 Å². The van der Waals surface area contributed by atoms with Crippen LogP contribution < -0.4 is 10.3 Å². The fourth-order valence-electron chi connectivity index (χ4n) is 1.83. The van der Waals surface area contributed by atoms with Crippen LogP contribution in [0.4, 0.5) is 0 Å². The number of benzene rings is 1. The summed E-state index contributed by atoms with van der Waals surface area (Å²) in [6, 6.07) is 7.45. The van der Waals surface area contributed by atoms with E-state index in [-0.39, 0.29) is 5.78 Å². The second-order valence-electron chi connectivity index (χ2n) is 4.22. The molecule has 0 saturated carbocycles. The lowest BCUT2D eigenvalue weighted by molar-refractivity contribution is -0.653. The molecule has 0 N–H and O–H groups in total. The standard InChI is InChI=1S/C13H14BBrN2O/c1-16-7-8-17(2)13(16)14-9-12(18)10-3-5-11(15)6-4-10/h3-8H,9H2,1-2H3. The second-order valence-corrected chi connectivity index (χ2v) is 5.13. The molecule has 1 heterocycles. The maximum Gasteiger partial charge on any atom is 0.125 e. The van der Waals surface area contributed by atoms with Gasteiger partial charge in [-0.1, -0.05) is 28.1 Å². The van der Waals surface area contributed by atoms with E-state index in [1.165, 1.54) is 0 Å². The first kappa shape index (κ1) is 13.1. The summed E-state index contributed by atoms with van der Waals surface area (Å²) in [7, 11) is 5.89. The number of hydrogen-bond acceptors (Lipinski definition) is 1. The fourth-order valence-corrected chi connectivity index (χ4v) is 2.09. The molecule has 0 amide bonds. The molecule has 0 aliphatic rings. The summed E-state index contributed by atoms with van der Waals surface area (Å²) in [6.45, 7) is 0. The Bertz CT molecular complexity index is 543. The molecule has 18 heavy (non-hydrogen) atoms. The Hall–Kier alpha value is -1.36. The molecule has 0 unspecified atom stereocenters. The van der Waals surface area contributed by atoms with Gasteiger partial charge in [0.2, 0.25) is 0 Å². The van der Waals surface area contributed by atoms with Gasteiger partial charge >= 0.3 is 0 Å². The molecule has 0 fully saturated rings. The van der Waals surface area contributed by atoms with Gasteiger partial charge in [-0.15, -0.1) is 0 Å². The number of nitrogens with zero attached hydrogens (tertiary/aromatic N) is 2. The maximum atomic E-state index is 12.0. The first-order chi connectivity index (χ1) is 8.58. The van der Waals surface area contributed by atoms with Crippen LogP contribution in [0.2, 0.25) is 6.32 Å². The molecular formula is C13H14BBrN2O. The third-order valence-electron chi connectivity index (χ3n) is 2.87. The van der Waals surface area contributed by atoms with Crippen molar-refractivity contribution in [3.05, 3.63) is 46.7 Å². The van der Waals surface area contributed by atoms with E-state index in [0.29, 0.717) is 6.32 Å². The molecule has 1 aromatic carbocycles. The lowest BCUT2D eigenvalue weighted by atomic mass is 9.70. The maximum absolute atomic E-state index is 12.0. The minimum atomic E-state index is 0.128. The second kappa shape index (κ2) is 5.52. The van der Waals surface area contributed by atoms with Crippen LogP contribution in [-0.4, -0.2) is 17.6 Å². The van der Waals surface area contributed by atoms with Crippen LogP contribution in [0.25, 0.3) is 0 Å². The van der Waals surface area contributed by atoms with Gasteiger partial charge in [0.25, 0.3) is 0 Å². The lowest BCUT2D eigenvalue weighted by Gasteiger charge is -2.12. The molecule has 2 radical (unpaired) electrons. The molecule has 0 bridgehead atoms. The van der Waals surface area contributed by atoms with Gasteiger partial charge in [-0.2, -0.15) is 13.6 Å². The quantitative estimate of drug-likeness (QED) is 0.474. The summed E-state index contributed by atoms with van der Waals surface area (Å²) in [5, 5.41) is 0. The third-order valence-corrected chi connectivity index (χ3v) is 3.40.